The van der Waals surface area contributed by atoms with E-state index in [0.29, 0.717) is 17.9 Å². The monoisotopic (exact) mass is 243 g/mol. The molecule has 0 atom stereocenters. The first-order valence-electron chi connectivity index (χ1n) is 5.56. The predicted molar refractivity (Wildman–Crippen MR) is 69.4 cm³/mol. The molecule has 0 radical (unpaired) electrons. The van der Waals surface area contributed by atoms with Gasteiger partial charge in [-0.1, -0.05) is 24.3 Å². The fourth-order valence-corrected chi connectivity index (χ4v) is 1.67. The number of rotatable bonds is 4. The van der Waals surface area contributed by atoms with Gasteiger partial charge in [0.1, 0.15) is 5.82 Å². The Morgan fingerprint density at radius 2 is 2.00 bits per heavy atom. The van der Waals surface area contributed by atoms with Gasteiger partial charge < -0.3 is 5.32 Å². The number of nitrogens with zero attached hydrogens (tertiary/aromatic N) is 2. The van der Waals surface area contributed by atoms with Crippen molar-refractivity contribution in [2.75, 3.05) is 5.32 Å². The number of para-hydroxylation sites is 1. The Morgan fingerprint density at radius 3 is 2.72 bits per heavy atom. The Bertz CT molecular complexity index is 570. The lowest BCUT2D eigenvalue weighted by Crippen LogP contribution is -2.04. The van der Waals surface area contributed by atoms with Crippen LogP contribution in [0.25, 0.3) is 0 Å². The minimum absolute atomic E-state index is 0.123. The summed E-state index contributed by atoms with van der Waals surface area (Å²) < 4.78 is 0. The maximum absolute atomic E-state index is 10.8. The van der Waals surface area contributed by atoms with Gasteiger partial charge in [0, 0.05) is 23.9 Å². The SMILES string of the molecule is Cc1cccc(NCc2ccccc2[N+](=O)[O-])n1. The number of aromatic nitrogens is 1. The molecule has 1 aromatic carbocycles. The standard InChI is InChI=1S/C13H13N3O2/c1-10-5-4-8-13(15-10)14-9-11-6-2-3-7-12(11)16(17)18/h2-8H,9H2,1H3,(H,14,15). The lowest BCUT2D eigenvalue weighted by atomic mass is 10.2. The maximum Gasteiger partial charge on any atom is 0.274 e. The summed E-state index contributed by atoms with van der Waals surface area (Å²) in [5.41, 5.74) is 1.67. The van der Waals surface area contributed by atoms with Crippen molar-refractivity contribution in [3.05, 3.63) is 63.8 Å². The second-order valence-corrected chi connectivity index (χ2v) is 3.90. The largest absolute Gasteiger partial charge is 0.366 e. The van der Waals surface area contributed by atoms with Gasteiger partial charge in [0.15, 0.2) is 0 Å². The highest BCUT2D eigenvalue weighted by Gasteiger charge is 2.11. The molecule has 0 saturated carbocycles. The molecule has 0 saturated heterocycles. The normalized spacial score (nSPS) is 10.1. The van der Waals surface area contributed by atoms with Gasteiger partial charge in [-0.15, -0.1) is 0 Å². The van der Waals surface area contributed by atoms with Crippen molar-refractivity contribution < 1.29 is 4.92 Å². The molecule has 2 rings (SSSR count). The molecule has 92 valence electrons. The molecule has 0 bridgehead atoms. The first-order chi connectivity index (χ1) is 8.66. The van der Waals surface area contributed by atoms with Crippen LogP contribution in [0.5, 0.6) is 0 Å². The van der Waals surface area contributed by atoms with Crippen LogP contribution in [0.3, 0.4) is 0 Å². The maximum atomic E-state index is 10.8. The Kier molecular flexibility index (Phi) is 3.52. The third-order valence-electron chi connectivity index (χ3n) is 2.54. The number of benzene rings is 1. The molecule has 0 aliphatic rings. The third-order valence-corrected chi connectivity index (χ3v) is 2.54. The summed E-state index contributed by atoms with van der Waals surface area (Å²) in [4.78, 5) is 14.8. The first-order valence-corrected chi connectivity index (χ1v) is 5.56. The molecule has 1 aromatic heterocycles. The van der Waals surface area contributed by atoms with E-state index >= 15 is 0 Å². The number of hydrogen-bond acceptors (Lipinski definition) is 4. The van der Waals surface area contributed by atoms with Crippen LogP contribution in [0, 0.1) is 17.0 Å². The van der Waals surface area contributed by atoms with E-state index in [0.717, 1.165) is 5.69 Å². The number of anilines is 1. The average molecular weight is 243 g/mol. The Hall–Kier alpha value is -2.43. The van der Waals surface area contributed by atoms with Gasteiger partial charge in [0.2, 0.25) is 0 Å². The summed E-state index contributed by atoms with van der Waals surface area (Å²) in [6.45, 7) is 2.28. The van der Waals surface area contributed by atoms with Crippen molar-refractivity contribution >= 4 is 11.5 Å². The highest BCUT2D eigenvalue weighted by molar-refractivity contribution is 5.43. The summed E-state index contributed by atoms with van der Waals surface area (Å²) in [6.07, 6.45) is 0. The van der Waals surface area contributed by atoms with Crippen LogP contribution in [0.2, 0.25) is 0 Å². The molecule has 0 spiro atoms. The van der Waals surface area contributed by atoms with E-state index in [1.165, 1.54) is 6.07 Å². The Morgan fingerprint density at radius 1 is 1.22 bits per heavy atom. The van der Waals surface area contributed by atoms with Crippen LogP contribution in [0.4, 0.5) is 11.5 Å². The zero-order valence-corrected chi connectivity index (χ0v) is 9.96. The van der Waals surface area contributed by atoms with Gasteiger partial charge in [-0.2, -0.15) is 0 Å². The van der Waals surface area contributed by atoms with E-state index in [1.54, 1.807) is 18.2 Å². The number of nitro groups is 1. The van der Waals surface area contributed by atoms with Gasteiger partial charge in [0.25, 0.3) is 5.69 Å². The minimum Gasteiger partial charge on any atom is -0.366 e. The van der Waals surface area contributed by atoms with Crippen molar-refractivity contribution in [1.82, 2.24) is 4.98 Å². The van der Waals surface area contributed by atoms with Gasteiger partial charge in [-0.05, 0) is 19.1 Å². The molecule has 0 unspecified atom stereocenters. The lowest BCUT2D eigenvalue weighted by Gasteiger charge is -2.06. The minimum atomic E-state index is -0.374. The van der Waals surface area contributed by atoms with E-state index in [-0.39, 0.29) is 10.6 Å². The van der Waals surface area contributed by atoms with Crippen LogP contribution in [-0.2, 0) is 6.54 Å². The topological polar surface area (TPSA) is 68.1 Å². The average Bonchev–Trinajstić information content (AvgIpc) is 2.37. The van der Waals surface area contributed by atoms with Crippen LogP contribution in [0.1, 0.15) is 11.3 Å². The summed E-state index contributed by atoms with van der Waals surface area (Å²) in [6, 6.07) is 12.3. The Balaban J connectivity index is 2.13. The number of aryl methyl sites for hydroxylation is 1. The highest BCUT2D eigenvalue weighted by atomic mass is 16.6. The molecule has 0 fully saturated rings. The molecular formula is C13H13N3O2. The molecule has 5 nitrogen and oxygen atoms in total. The molecule has 0 amide bonds. The van der Waals surface area contributed by atoms with E-state index in [2.05, 4.69) is 10.3 Å². The third kappa shape index (κ3) is 2.82. The molecule has 18 heavy (non-hydrogen) atoms. The summed E-state index contributed by atoms with van der Waals surface area (Å²) >= 11 is 0. The molecule has 0 aliphatic heterocycles. The first kappa shape index (κ1) is 12.0. The van der Waals surface area contributed by atoms with E-state index < -0.39 is 0 Å². The molecule has 2 aromatic rings. The number of nitrogens with one attached hydrogen (secondary N) is 1. The van der Waals surface area contributed by atoms with E-state index in [1.807, 2.05) is 25.1 Å². The van der Waals surface area contributed by atoms with Crippen molar-refractivity contribution in [1.29, 1.82) is 0 Å². The molecular weight excluding hydrogens is 230 g/mol. The van der Waals surface area contributed by atoms with E-state index in [4.69, 9.17) is 0 Å². The highest BCUT2D eigenvalue weighted by Crippen LogP contribution is 2.18. The quantitative estimate of drug-likeness (QED) is 0.662. The van der Waals surface area contributed by atoms with Crippen molar-refractivity contribution in [2.24, 2.45) is 0 Å². The Labute approximate surface area is 105 Å². The summed E-state index contributed by atoms with van der Waals surface area (Å²) in [7, 11) is 0. The lowest BCUT2D eigenvalue weighted by molar-refractivity contribution is -0.385. The molecule has 5 heteroatoms. The smallest absolute Gasteiger partial charge is 0.274 e. The summed E-state index contributed by atoms with van der Waals surface area (Å²) in [5.74, 6) is 0.716. The molecule has 1 N–H and O–H groups in total. The van der Waals surface area contributed by atoms with E-state index in [9.17, 15) is 10.1 Å². The fourth-order valence-electron chi connectivity index (χ4n) is 1.67. The second-order valence-electron chi connectivity index (χ2n) is 3.90. The van der Waals surface area contributed by atoms with Crippen molar-refractivity contribution in [3.8, 4) is 0 Å². The van der Waals surface area contributed by atoms with Crippen molar-refractivity contribution in [3.63, 3.8) is 0 Å². The van der Waals surface area contributed by atoms with Gasteiger partial charge in [-0.25, -0.2) is 4.98 Å². The van der Waals surface area contributed by atoms with Crippen LogP contribution < -0.4 is 5.32 Å². The summed E-state index contributed by atoms with van der Waals surface area (Å²) in [5, 5.41) is 13.9. The second kappa shape index (κ2) is 5.27. The van der Waals surface area contributed by atoms with Gasteiger partial charge >= 0.3 is 0 Å². The van der Waals surface area contributed by atoms with Crippen molar-refractivity contribution in [2.45, 2.75) is 13.5 Å². The number of nitro benzene ring substituents is 1. The van der Waals surface area contributed by atoms with Crippen LogP contribution in [0.15, 0.2) is 42.5 Å². The van der Waals surface area contributed by atoms with Crippen LogP contribution in [-0.4, -0.2) is 9.91 Å². The molecule has 1 heterocycles. The molecule has 0 aliphatic carbocycles. The predicted octanol–water partition coefficient (Wildman–Crippen LogP) is 2.91. The number of pyridine rings is 1. The zero-order chi connectivity index (χ0) is 13.0. The zero-order valence-electron chi connectivity index (χ0n) is 9.96. The van der Waals surface area contributed by atoms with Gasteiger partial charge in [-0.3, -0.25) is 10.1 Å². The number of hydrogen-bond donors (Lipinski definition) is 1. The fraction of sp³-hybridized carbons (Fsp3) is 0.154. The van der Waals surface area contributed by atoms with Gasteiger partial charge in [0.05, 0.1) is 4.92 Å². The van der Waals surface area contributed by atoms with Crippen LogP contribution >= 0.6 is 0 Å².